The van der Waals surface area contributed by atoms with Crippen molar-refractivity contribution >= 4 is 52.0 Å². The number of nitriles is 1. The molecule has 19 heavy (non-hydrogen) atoms. The summed E-state index contributed by atoms with van der Waals surface area (Å²) in [7, 11) is 0. The van der Waals surface area contributed by atoms with Crippen LogP contribution in [0.1, 0.15) is 12.8 Å². The fraction of sp³-hybridized carbons (Fsp3) is 0.250. The van der Waals surface area contributed by atoms with Gasteiger partial charge in [-0.1, -0.05) is 34.8 Å². The molecule has 1 N–H and O–H groups in total. The van der Waals surface area contributed by atoms with Crippen molar-refractivity contribution in [3.63, 3.8) is 0 Å². The highest BCUT2D eigenvalue weighted by molar-refractivity contribution is 6.47. The summed E-state index contributed by atoms with van der Waals surface area (Å²) < 4.78 is 0. The van der Waals surface area contributed by atoms with E-state index in [-0.39, 0.29) is 17.4 Å². The van der Waals surface area contributed by atoms with E-state index in [9.17, 15) is 4.79 Å². The number of halogens is 3. The summed E-state index contributed by atoms with van der Waals surface area (Å²) in [6.07, 6.45) is 1.63. The molecule has 0 bridgehead atoms. The number of carbonyl (C=O) groups excluding carboxylic acids is 1. The zero-order valence-corrected chi connectivity index (χ0v) is 11.9. The molecule has 1 aliphatic carbocycles. The summed E-state index contributed by atoms with van der Waals surface area (Å²) in [4.78, 5) is 11.7. The Morgan fingerprint density at radius 1 is 1.26 bits per heavy atom. The van der Waals surface area contributed by atoms with Crippen LogP contribution in [0.2, 0.25) is 15.1 Å². The van der Waals surface area contributed by atoms with Gasteiger partial charge in [0.2, 0.25) is 5.71 Å². The number of anilines is 1. The molecule has 0 radical (unpaired) electrons. The van der Waals surface area contributed by atoms with Gasteiger partial charge in [0, 0.05) is 5.92 Å². The first kappa shape index (κ1) is 14.1. The Labute approximate surface area is 124 Å². The molecule has 0 atom stereocenters. The van der Waals surface area contributed by atoms with Crippen LogP contribution >= 0.6 is 34.8 Å². The van der Waals surface area contributed by atoms with Crippen molar-refractivity contribution < 1.29 is 4.79 Å². The fourth-order valence-electron chi connectivity index (χ4n) is 1.40. The lowest BCUT2D eigenvalue weighted by molar-refractivity contribution is -0.113. The molecule has 1 fully saturated rings. The third-order valence-corrected chi connectivity index (χ3v) is 3.62. The maximum Gasteiger partial charge on any atom is 0.203 e. The molecule has 4 nitrogen and oxygen atoms in total. The van der Waals surface area contributed by atoms with Gasteiger partial charge in [0.05, 0.1) is 20.8 Å². The van der Waals surface area contributed by atoms with E-state index < -0.39 is 0 Å². The molecule has 0 unspecified atom stereocenters. The van der Waals surface area contributed by atoms with Crippen LogP contribution in [0.25, 0.3) is 0 Å². The van der Waals surface area contributed by atoms with E-state index in [1.807, 2.05) is 0 Å². The van der Waals surface area contributed by atoms with Crippen LogP contribution in [0.3, 0.4) is 0 Å². The van der Waals surface area contributed by atoms with Crippen LogP contribution in [0, 0.1) is 17.2 Å². The highest BCUT2D eigenvalue weighted by atomic mass is 35.5. The van der Waals surface area contributed by atoms with Gasteiger partial charge in [-0.15, -0.1) is 0 Å². The quantitative estimate of drug-likeness (QED) is 0.520. The van der Waals surface area contributed by atoms with E-state index in [0.717, 1.165) is 12.8 Å². The van der Waals surface area contributed by atoms with Crippen LogP contribution in [0.15, 0.2) is 17.2 Å². The molecule has 0 saturated heterocycles. The normalized spacial score (nSPS) is 14.9. The predicted molar refractivity (Wildman–Crippen MR) is 75.9 cm³/mol. The number of nitrogens with one attached hydrogen (secondary N) is 1. The monoisotopic (exact) mass is 315 g/mol. The summed E-state index contributed by atoms with van der Waals surface area (Å²) in [5.74, 6) is -0.310. The minimum Gasteiger partial charge on any atom is -0.291 e. The lowest BCUT2D eigenvalue weighted by Crippen LogP contribution is -2.15. The molecule has 0 amide bonds. The van der Waals surface area contributed by atoms with Gasteiger partial charge in [0.1, 0.15) is 6.07 Å². The molecule has 2 rings (SSSR count). The molecular formula is C12H8Cl3N3O. The van der Waals surface area contributed by atoms with Gasteiger partial charge in [-0.2, -0.15) is 10.4 Å². The number of benzene rings is 1. The first-order valence-electron chi connectivity index (χ1n) is 5.45. The summed E-state index contributed by atoms with van der Waals surface area (Å²) in [6.45, 7) is 0. The van der Waals surface area contributed by atoms with Crippen molar-refractivity contribution in [1.29, 1.82) is 5.26 Å². The maximum atomic E-state index is 11.7. The van der Waals surface area contributed by atoms with Gasteiger partial charge < -0.3 is 0 Å². The maximum absolute atomic E-state index is 11.7. The van der Waals surface area contributed by atoms with Gasteiger partial charge in [-0.25, -0.2) is 0 Å². The highest BCUT2D eigenvalue weighted by Crippen LogP contribution is 2.33. The second-order valence-electron chi connectivity index (χ2n) is 4.07. The number of Topliss-reactive ketones (excluding diaryl/α,β-unsaturated/α-hetero) is 1. The molecule has 1 aliphatic rings. The highest BCUT2D eigenvalue weighted by Gasteiger charge is 2.33. The standard InChI is InChI=1S/C12H8Cl3N3O/c13-7-3-9(15)10(4-8(7)14)17-18-11(5-16)12(19)6-1-2-6/h3-4,6,17H,1-2H2/b18-11+. The topological polar surface area (TPSA) is 65.2 Å². The van der Waals surface area contributed by atoms with E-state index in [0.29, 0.717) is 20.8 Å². The van der Waals surface area contributed by atoms with Crippen LogP contribution in [-0.4, -0.2) is 11.5 Å². The number of carbonyl (C=O) groups is 1. The van der Waals surface area contributed by atoms with Crippen molar-refractivity contribution in [1.82, 2.24) is 0 Å². The zero-order chi connectivity index (χ0) is 14.0. The number of hydrogen-bond acceptors (Lipinski definition) is 4. The van der Waals surface area contributed by atoms with Crippen molar-refractivity contribution in [2.24, 2.45) is 11.0 Å². The Morgan fingerprint density at radius 2 is 1.89 bits per heavy atom. The third-order valence-electron chi connectivity index (χ3n) is 2.59. The molecule has 1 aromatic rings. The number of nitrogens with zero attached hydrogens (tertiary/aromatic N) is 2. The largest absolute Gasteiger partial charge is 0.291 e. The van der Waals surface area contributed by atoms with E-state index in [4.69, 9.17) is 40.1 Å². The summed E-state index contributed by atoms with van der Waals surface area (Å²) in [5.41, 5.74) is 2.78. The van der Waals surface area contributed by atoms with Crippen molar-refractivity contribution in [3.8, 4) is 6.07 Å². The summed E-state index contributed by atoms with van der Waals surface area (Å²) in [5, 5.41) is 13.6. The van der Waals surface area contributed by atoms with Gasteiger partial charge in [-0.3, -0.25) is 10.2 Å². The lowest BCUT2D eigenvalue weighted by Gasteiger charge is -2.05. The molecule has 1 saturated carbocycles. The molecule has 0 spiro atoms. The van der Waals surface area contributed by atoms with Gasteiger partial charge in [-0.05, 0) is 25.0 Å². The zero-order valence-electron chi connectivity index (χ0n) is 9.58. The Kier molecular flexibility index (Phi) is 4.31. The van der Waals surface area contributed by atoms with Crippen molar-refractivity contribution in [3.05, 3.63) is 27.2 Å². The number of rotatable bonds is 4. The predicted octanol–water partition coefficient (Wildman–Crippen LogP) is 3.92. The summed E-state index contributed by atoms with van der Waals surface area (Å²) in [6, 6.07) is 4.71. The Balaban J connectivity index is 2.19. The molecule has 0 heterocycles. The van der Waals surface area contributed by atoms with Crippen LogP contribution in [0.5, 0.6) is 0 Å². The molecular weight excluding hydrogens is 309 g/mol. The average molecular weight is 317 g/mol. The SMILES string of the molecule is N#C/C(=N\Nc1cc(Cl)c(Cl)cc1Cl)C(=O)C1CC1. The number of hydrogen-bond donors (Lipinski definition) is 1. The van der Waals surface area contributed by atoms with E-state index >= 15 is 0 Å². The van der Waals surface area contributed by atoms with Gasteiger partial charge in [0.25, 0.3) is 0 Å². The fourth-order valence-corrected chi connectivity index (χ4v) is 1.99. The van der Waals surface area contributed by atoms with Gasteiger partial charge >= 0.3 is 0 Å². The average Bonchev–Trinajstić information content (AvgIpc) is 3.19. The molecule has 1 aromatic carbocycles. The Morgan fingerprint density at radius 3 is 2.47 bits per heavy atom. The number of ketones is 1. The second-order valence-corrected chi connectivity index (χ2v) is 5.29. The lowest BCUT2D eigenvalue weighted by atomic mass is 10.2. The molecule has 7 heteroatoms. The first-order chi connectivity index (χ1) is 9.02. The third kappa shape index (κ3) is 3.38. The molecule has 0 aliphatic heterocycles. The van der Waals surface area contributed by atoms with E-state index in [1.165, 1.54) is 12.1 Å². The van der Waals surface area contributed by atoms with Crippen LogP contribution in [0.4, 0.5) is 5.69 Å². The Bertz CT molecular complexity index is 603. The van der Waals surface area contributed by atoms with Crippen LogP contribution in [-0.2, 0) is 4.79 Å². The molecule has 0 aromatic heterocycles. The smallest absolute Gasteiger partial charge is 0.203 e. The minimum absolute atomic E-state index is 0.0653. The van der Waals surface area contributed by atoms with Crippen molar-refractivity contribution in [2.75, 3.05) is 5.43 Å². The van der Waals surface area contributed by atoms with E-state index in [2.05, 4.69) is 10.5 Å². The Hall–Kier alpha value is -1.28. The van der Waals surface area contributed by atoms with E-state index in [1.54, 1.807) is 6.07 Å². The van der Waals surface area contributed by atoms with Crippen molar-refractivity contribution in [2.45, 2.75) is 12.8 Å². The minimum atomic E-state index is -0.244. The summed E-state index contributed by atoms with van der Waals surface area (Å²) >= 11 is 17.6. The number of hydrazone groups is 1. The molecule has 98 valence electrons. The van der Waals surface area contributed by atoms with Gasteiger partial charge in [0.15, 0.2) is 5.78 Å². The van der Waals surface area contributed by atoms with Crippen LogP contribution < -0.4 is 5.43 Å². The first-order valence-corrected chi connectivity index (χ1v) is 6.59. The second kappa shape index (κ2) is 5.79.